The smallest absolute Gasteiger partial charge is 0.357 e. The molecule has 3 rings (SSSR count). The number of ether oxygens (including phenoxy) is 3. The standard InChI is InChI=1S/C21H26N2O5S/c1-26-16-9-14(10-17(11-16)27-2)20(24)23(15-7-5-4-6-8-15)12-19-22-18(13-29-19)21(25)28-3/h9-11,13,15H,4-8,12H2,1-3H3. The molecule has 0 spiro atoms. The molecule has 1 saturated carbocycles. The first-order valence-corrected chi connectivity index (χ1v) is 10.5. The van der Waals surface area contributed by atoms with Crippen LogP contribution in [0.5, 0.6) is 11.5 Å². The van der Waals surface area contributed by atoms with E-state index in [1.165, 1.54) is 24.9 Å². The zero-order valence-corrected chi connectivity index (χ0v) is 17.8. The van der Waals surface area contributed by atoms with Gasteiger partial charge in [0.25, 0.3) is 5.91 Å². The summed E-state index contributed by atoms with van der Waals surface area (Å²) in [5.41, 5.74) is 0.781. The van der Waals surface area contributed by atoms with Crippen molar-refractivity contribution in [1.29, 1.82) is 0 Å². The van der Waals surface area contributed by atoms with Gasteiger partial charge in [-0.1, -0.05) is 19.3 Å². The summed E-state index contributed by atoms with van der Waals surface area (Å²) in [6.07, 6.45) is 5.31. The third-order valence-corrected chi connectivity index (χ3v) is 5.96. The molecule has 0 aliphatic heterocycles. The number of nitrogens with zero attached hydrogens (tertiary/aromatic N) is 2. The van der Waals surface area contributed by atoms with E-state index in [-0.39, 0.29) is 17.6 Å². The van der Waals surface area contributed by atoms with E-state index in [0.717, 1.165) is 25.7 Å². The molecule has 29 heavy (non-hydrogen) atoms. The van der Waals surface area contributed by atoms with Gasteiger partial charge in [0.2, 0.25) is 0 Å². The maximum atomic E-state index is 13.5. The Morgan fingerprint density at radius 1 is 1.07 bits per heavy atom. The van der Waals surface area contributed by atoms with Gasteiger partial charge in [-0.2, -0.15) is 0 Å². The fourth-order valence-corrected chi connectivity index (χ4v) is 4.35. The van der Waals surface area contributed by atoms with E-state index in [2.05, 4.69) is 4.98 Å². The second kappa shape index (κ2) is 9.73. The third kappa shape index (κ3) is 5.06. The number of hydrogen-bond acceptors (Lipinski definition) is 7. The van der Waals surface area contributed by atoms with Crippen molar-refractivity contribution in [3.8, 4) is 11.5 Å². The number of hydrogen-bond donors (Lipinski definition) is 0. The minimum absolute atomic E-state index is 0.0936. The van der Waals surface area contributed by atoms with Crippen LogP contribution in [0.4, 0.5) is 0 Å². The molecule has 0 bridgehead atoms. The summed E-state index contributed by atoms with van der Waals surface area (Å²) < 4.78 is 15.4. The van der Waals surface area contributed by atoms with Crippen molar-refractivity contribution in [2.45, 2.75) is 44.7 Å². The zero-order chi connectivity index (χ0) is 20.8. The van der Waals surface area contributed by atoms with Crippen LogP contribution in [0, 0.1) is 0 Å². The molecule has 0 radical (unpaired) electrons. The number of amides is 1. The first-order valence-electron chi connectivity index (χ1n) is 9.62. The highest BCUT2D eigenvalue weighted by molar-refractivity contribution is 7.09. The van der Waals surface area contributed by atoms with Gasteiger partial charge < -0.3 is 19.1 Å². The Bertz CT molecular complexity index is 838. The first-order chi connectivity index (χ1) is 14.0. The lowest BCUT2D eigenvalue weighted by Crippen LogP contribution is -2.41. The Kier molecular flexibility index (Phi) is 7.09. The predicted molar refractivity (Wildman–Crippen MR) is 110 cm³/mol. The van der Waals surface area contributed by atoms with Crippen molar-refractivity contribution in [1.82, 2.24) is 9.88 Å². The van der Waals surface area contributed by atoms with Gasteiger partial charge >= 0.3 is 5.97 Å². The van der Waals surface area contributed by atoms with E-state index >= 15 is 0 Å². The van der Waals surface area contributed by atoms with E-state index in [1.807, 2.05) is 4.90 Å². The number of rotatable bonds is 7. The molecule has 7 nitrogen and oxygen atoms in total. The first kappa shape index (κ1) is 21.1. The van der Waals surface area contributed by atoms with E-state index in [4.69, 9.17) is 14.2 Å². The third-order valence-electron chi connectivity index (χ3n) is 5.13. The molecule has 1 aliphatic carbocycles. The molecule has 0 unspecified atom stereocenters. The summed E-state index contributed by atoms with van der Waals surface area (Å²) in [7, 11) is 4.45. The maximum Gasteiger partial charge on any atom is 0.357 e. The number of thiazole rings is 1. The Balaban J connectivity index is 1.90. The summed E-state index contributed by atoms with van der Waals surface area (Å²) in [6.45, 7) is 0.352. The van der Waals surface area contributed by atoms with Crippen molar-refractivity contribution in [3.63, 3.8) is 0 Å². The largest absolute Gasteiger partial charge is 0.497 e. The second-order valence-corrected chi connectivity index (χ2v) is 7.89. The molecular formula is C21H26N2O5S. The fraction of sp³-hybridized carbons (Fsp3) is 0.476. The molecule has 1 heterocycles. The van der Waals surface area contributed by atoms with Crippen LogP contribution in [-0.2, 0) is 11.3 Å². The van der Waals surface area contributed by atoms with Gasteiger partial charge in [-0.15, -0.1) is 11.3 Å². The van der Waals surface area contributed by atoms with Gasteiger partial charge in [0.1, 0.15) is 16.5 Å². The van der Waals surface area contributed by atoms with Gasteiger partial charge in [-0.05, 0) is 25.0 Å². The Labute approximate surface area is 174 Å². The highest BCUT2D eigenvalue weighted by atomic mass is 32.1. The van der Waals surface area contributed by atoms with Gasteiger partial charge in [0.05, 0.1) is 27.9 Å². The number of esters is 1. The molecule has 1 amide bonds. The van der Waals surface area contributed by atoms with Crippen LogP contribution in [0.25, 0.3) is 0 Å². The van der Waals surface area contributed by atoms with E-state index in [0.29, 0.717) is 28.6 Å². The molecule has 156 valence electrons. The molecule has 1 aliphatic rings. The van der Waals surface area contributed by atoms with E-state index in [9.17, 15) is 9.59 Å². The van der Waals surface area contributed by atoms with Gasteiger partial charge in [-0.25, -0.2) is 9.78 Å². The van der Waals surface area contributed by atoms with E-state index in [1.54, 1.807) is 37.8 Å². The lowest BCUT2D eigenvalue weighted by Gasteiger charge is -2.34. The fourth-order valence-electron chi connectivity index (χ4n) is 3.58. The molecular weight excluding hydrogens is 392 g/mol. The monoisotopic (exact) mass is 418 g/mol. The van der Waals surface area contributed by atoms with Crippen LogP contribution >= 0.6 is 11.3 Å². The summed E-state index contributed by atoms with van der Waals surface area (Å²) in [6, 6.07) is 5.33. The summed E-state index contributed by atoms with van der Waals surface area (Å²) in [5.74, 6) is 0.571. The number of methoxy groups -OCH3 is 3. The lowest BCUT2D eigenvalue weighted by atomic mass is 9.93. The lowest BCUT2D eigenvalue weighted by molar-refractivity contribution is 0.0594. The van der Waals surface area contributed by atoms with Crippen LogP contribution in [0.3, 0.4) is 0 Å². The van der Waals surface area contributed by atoms with Crippen molar-refractivity contribution >= 4 is 23.2 Å². The van der Waals surface area contributed by atoms with Crippen molar-refractivity contribution in [2.75, 3.05) is 21.3 Å². The highest BCUT2D eigenvalue weighted by Gasteiger charge is 2.28. The molecule has 1 aromatic heterocycles. The van der Waals surface area contributed by atoms with Crippen LogP contribution < -0.4 is 9.47 Å². The number of carbonyl (C=O) groups excluding carboxylic acids is 2. The van der Waals surface area contributed by atoms with Crippen molar-refractivity contribution in [3.05, 3.63) is 39.8 Å². The van der Waals surface area contributed by atoms with Crippen LogP contribution in [0.1, 0.15) is 58.0 Å². The Morgan fingerprint density at radius 2 is 1.72 bits per heavy atom. The molecule has 1 aromatic carbocycles. The van der Waals surface area contributed by atoms with Gasteiger partial charge in [0, 0.05) is 23.1 Å². The normalized spacial score (nSPS) is 14.3. The van der Waals surface area contributed by atoms with Crippen LogP contribution in [0.15, 0.2) is 23.6 Å². The maximum absolute atomic E-state index is 13.5. The molecule has 1 fully saturated rings. The number of aromatic nitrogens is 1. The van der Waals surface area contributed by atoms with Gasteiger partial charge in [-0.3, -0.25) is 4.79 Å². The molecule has 0 saturated heterocycles. The van der Waals surface area contributed by atoms with Crippen molar-refractivity contribution in [2.24, 2.45) is 0 Å². The van der Waals surface area contributed by atoms with Crippen LogP contribution in [-0.4, -0.2) is 49.1 Å². The van der Waals surface area contributed by atoms with E-state index < -0.39 is 5.97 Å². The molecule has 0 atom stereocenters. The summed E-state index contributed by atoms with van der Waals surface area (Å²) in [5, 5.41) is 2.37. The number of carbonyl (C=O) groups is 2. The average Bonchev–Trinajstić information content (AvgIpc) is 3.25. The molecule has 2 aromatic rings. The SMILES string of the molecule is COC(=O)c1csc(CN(C(=O)c2cc(OC)cc(OC)c2)C2CCCCC2)n1. The topological polar surface area (TPSA) is 78.0 Å². The Hall–Kier alpha value is -2.61. The quantitative estimate of drug-likeness (QED) is 0.634. The van der Waals surface area contributed by atoms with Crippen LogP contribution in [0.2, 0.25) is 0 Å². The van der Waals surface area contributed by atoms with Gasteiger partial charge in [0.15, 0.2) is 5.69 Å². The summed E-state index contributed by atoms with van der Waals surface area (Å²) in [4.78, 5) is 31.4. The minimum atomic E-state index is -0.472. The predicted octanol–water partition coefficient (Wildman–Crippen LogP) is 3.92. The second-order valence-electron chi connectivity index (χ2n) is 6.94. The minimum Gasteiger partial charge on any atom is -0.497 e. The molecule has 8 heteroatoms. The Morgan fingerprint density at radius 3 is 2.31 bits per heavy atom. The average molecular weight is 419 g/mol. The highest BCUT2D eigenvalue weighted by Crippen LogP contribution is 2.29. The van der Waals surface area contributed by atoms with Crippen molar-refractivity contribution < 1.29 is 23.8 Å². The summed E-state index contributed by atoms with van der Waals surface area (Å²) >= 11 is 1.36. The molecule has 0 N–H and O–H groups in total. The zero-order valence-electron chi connectivity index (χ0n) is 17.0. The number of benzene rings is 1.